The van der Waals surface area contributed by atoms with E-state index in [9.17, 15) is 13.2 Å². The number of thiophene rings is 1. The van der Waals surface area contributed by atoms with Crippen molar-refractivity contribution in [1.82, 2.24) is 14.9 Å². The van der Waals surface area contributed by atoms with Gasteiger partial charge in [-0.05, 0) is 31.0 Å². The molecule has 0 bridgehead atoms. The summed E-state index contributed by atoms with van der Waals surface area (Å²) in [6, 6.07) is 10.3. The van der Waals surface area contributed by atoms with Gasteiger partial charge in [-0.1, -0.05) is 29.8 Å². The number of benzene rings is 1. The highest BCUT2D eigenvalue weighted by molar-refractivity contribution is 7.91. The van der Waals surface area contributed by atoms with Gasteiger partial charge in [-0.2, -0.15) is 4.98 Å². The zero-order chi connectivity index (χ0) is 19.6. The minimum Gasteiger partial charge on any atom is -0.339 e. The van der Waals surface area contributed by atoms with E-state index in [2.05, 4.69) is 20.2 Å². The van der Waals surface area contributed by atoms with Gasteiger partial charge in [0, 0.05) is 22.5 Å². The molecule has 0 radical (unpaired) electrons. The summed E-state index contributed by atoms with van der Waals surface area (Å²) in [7, 11) is -3.82. The van der Waals surface area contributed by atoms with Crippen LogP contribution in [0.3, 0.4) is 0 Å². The first kappa shape index (κ1) is 18.8. The zero-order valence-electron chi connectivity index (χ0n) is 14.8. The van der Waals surface area contributed by atoms with Gasteiger partial charge in [-0.3, -0.25) is 4.79 Å². The summed E-state index contributed by atoms with van der Waals surface area (Å²) in [5, 5.41) is 8.23. The van der Waals surface area contributed by atoms with E-state index in [0.29, 0.717) is 28.9 Å². The Kier molecular flexibility index (Phi) is 5.25. The normalized spacial score (nSPS) is 14.6. The number of hydrogen-bond donors (Lipinski definition) is 2. The molecule has 0 unspecified atom stereocenters. The van der Waals surface area contributed by atoms with Crippen LogP contribution < -0.4 is 10.0 Å². The highest BCUT2D eigenvalue weighted by atomic mass is 32.2. The quantitative estimate of drug-likeness (QED) is 0.610. The van der Waals surface area contributed by atoms with Gasteiger partial charge in [0.05, 0.1) is 6.54 Å². The molecule has 0 saturated heterocycles. The molecule has 0 aliphatic heterocycles. The highest BCUT2D eigenvalue weighted by Crippen LogP contribution is 2.36. The Hall–Kier alpha value is -2.56. The van der Waals surface area contributed by atoms with Crippen molar-refractivity contribution in [3.63, 3.8) is 0 Å². The van der Waals surface area contributed by atoms with Crippen LogP contribution >= 0.6 is 11.3 Å². The molecule has 1 amide bonds. The van der Waals surface area contributed by atoms with Crippen molar-refractivity contribution in [1.29, 1.82) is 0 Å². The van der Waals surface area contributed by atoms with E-state index in [4.69, 9.17) is 4.52 Å². The fourth-order valence-corrected chi connectivity index (χ4v) is 4.89. The molecule has 0 spiro atoms. The minimum atomic E-state index is -3.82. The summed E-state index contributed by atoms with van der Waals surface area (Å²) in [6.07, 6.45) is 3.24. The average molecular weight is 419 g/mol. The van der Waals surface area contributed by atoms with Gasteiger partial charge in [-0.25, -0.2) is 13.1 Å². The van der Waals surface area contributed by atoms with Crippen LogP contribution in [0.2, 0.25) is 0 Å². The first-order valence-corrected chi connectivity index (χ1v) is 11.1. The maximum Gasteiger partial charge on any atom is 0.250 e. The fraction of sp³-hybridized carbons (Fsp3) is 0.278. The average Bonchev–Trinajstić information content (AvgIpc) is 3.29. The Balaban J connectivity index is 1.39. The lowest BCUT2D eigenvalue weighted by Gasteiger charge is -2.20. The van der Waals surface area contributed by atoms with Crippen molar-refractivity contribution >= 4 is 33.0 Å². The van der Waals surface area contributed by atoms with Crippen molar-refractivity contribution in [2.45, 2.75) is 29.4 Å². The number of sulfonamides is 1. The molecule has 2 heterocycles. The van der Waals surface area contributed by atoms with Crippen molar-refractivity contribution in [3.8, 4) is 11.4 Å². The molecule has 8 nitrogen and oxygen atoms in total. The molecule has 146 valence electrons. The molecule has 1 aliphatic rings. The number of para-hydroxylation sites is 1. The van der Waals surface area contributed by atoms with Gasteiger partial charge >= 0.3 is 0 Å². The van der Waals surface area contributed by atoms with Crippen LogP contribution in [-0.2, 0) is 14.8 Å². The SMILES string of the molecule is O=C(CNS(=O)(=O)c1cc(-c2noc(C3CCC3)n2)cs1)Nc1ccccc1. The highest BCUT2D eigenvalue weighted by Gasteiger charge is 2.26. The second kappa shape index (κ2) is 7.82. The number of amides is 1. The summed E-state index contributed by atoms with van der Waals surface area (Å²) in [5.74, 6) is 0.844. The number of aromatic nitrogens is 2. The maximum absolute atomic E-state index is 12.5. The number of nitrogens with one attached hydrogen (secondary N) is 2. The molecular weight excluding hydrogens is 400 g/mol. The Bertz CT molecular complexity index is 1070. The van der Waals surface area contributed by atoms with Crippen LogP contribution in [0, 0.1) is 0 Å². The molecule has 3 aromatic rings. The number of carbonyl (C=O) groups excluding carboxylic acids is 1. The van der Waals surface area contributed by atoms with Crippen LogP contribution in [0.4, 0.5) is 5.69 Å². The lowest BCUT2D eigenvalue weighted by molar-refractivity contribution is -0.115. The number of hydrogen-bond acceptors (Lipinski definition) is 7. The second-order valence-corrected chi connectivity index (χ2v) is 9.38. The van der Waals surface area contributed by atoms with Crippen molar-refractivity contribution in [3.05, 3.63) is 47.7 Å². The zero-order valence-corrected chi connectivity index (χ0v) is 16.4. The predicted molar refractivity (Wildman–Crippen MR) is 104 cm³/mol. The smallest absolute Gasteiger partial charge is 0.250 e. The predicted octanol–water partition coefficient (Wildman–Crippen LogP) is 2.98. The third-order valence-electron chi connectivity index (χ3n) is 4.47. The summed E-state index contributed by atoms with van der Waals surface area (Å²) < 4.78 is 32.6. The lowest BCUT2D eigenvalue weighted by atomic mass is 9.85. The molecule has 0 atom stereocenters. The van der Waals surface area contributed by atoms with Gasteiger partial charge in [-0.15, -0.1) is 11.3 Å². The van der Waals surface area contributed by atoms with Gasteiger partial charge in [0.1, 0.15) is 4.21 Å². The molecule has 2 aromatic heterocycles. The van der Waals surface area contributed by atoms with Gasteiger partial charge in [0.15, 0.2) is 0 Å². The maximum atomic E-state index is 12.5. The van der Waals surface area contributed by atoms with Crippen molar-refractivity contribution in [2.24, 2.45) is 0 Å². The van der Waals surface area contributed by atoms with Crippen LogP contribution in [0.1, 0.15) is 31.1 Å². The van der Waals surface area contributed by atoms with Gasteiger partial charge in [0.25, 0.3) is 10.0 Å². The second-order valence-electron chi connectivity index (χ2n) is 6.48. The van der Waals surface area contributed by atoms with E-state index < -0.39 is 15.9 Å². The van der Waals surface area contributed by atoms with Gasteiger partial charge < -0.3 is 9.84 Å². The third kappa shape index (κ3) is 4.13. The molecule has 1 fully saturated rings. The van der Waals surface area contributed by atoms with Crippen molar-refractivity contribution in [2.75, 3.05) is 11.9 Å². The summed E-state index contributed by atoms with van der Waals surface area (Å²) in [4.78, 5) is 16.3. The van der Waals surface area contributed by atoms with Crippen molar-refractivity contribution < 1.29 is 17.7 Å². The number of nitrogens with zero attached hydrogens (tertiary/aromatic N) is 2. The Morgan fingerprint density at radius 3 is 2.75 bits per heavy atom. The fourth-order valence-electron chi connectivity index (χ4n) is 2.71. The summed E-state index contributed by atoms with van der Waals surface area (Å²) in [5.41, 5.74) is 1.18. The van der Waals surface area contributed by atoms with Gasteiger partial charge in [0.2, 0.25) is 17.6 Å². The molecule has 1 aliphatic carbocycles. The summed E-state index contributed by atoms with van der Waals surface area (Å²) in [6.45, 7) is -0.363. The number of rotatable bonds is 7. The molecule has 1 aromatic carbocycles. The van der Waals surface area contributed by atoms with E-state index in [-0.39, 0.29) is 10.8 Å². The monoisotopic (exact) mass is 418 g/mol. The third-order valence-corrected chi connectivity index (χ3v) is 7.32. The first-order valence-electron chi connectivity index (χ1n) is 8.78. The molecular formula is C18H18N4O4S2. The topological polar surface area (TPSA) is 114 Å². The van der Waals surface area contributed by atoms with Crippen LogP contribution in [0.25, 0.3) is 11.4 Å². The lowest BCUT2D eigenvalue weighted by Crippen LogP contribution is -2.32. The largest absolute Gasteiger partial charge is 0.339 e. The van der Waals surface area contributed by atoms with Crippen LogP contribution in [0.15, 0.2) is 50.5 Å². The number of anilines is 1. The van der Waals surface area contributed by atoms with E-state index >= 15 is 0 Å². The Morgan fingerprint density at radius 1 is 1.25 bits per heavy atom. The molecule has 2 N–H and O–H groups in total. The van der Waals surface area contributed by atoms with E-state index in [1.54, 1.807) is 29.6 Å². The van der Waals surface area contributed by atoms with E-state index in [1.807, 2.05) is 6.07 Å². The molecule has 28 heavy (non-hydrogen) atoms. The van der Waals surface area contributed by atoms with Crippen LogP contribution in [-0.4, -0.2) is 31.0 Å². The Morgan fingerprint density at radius 2 is 2.04 bits per heavy atom. The van der Waals surface area contributed by atoms with E-state index in [0.717, 1.165) is 30.6 Å². The molecule has 10 heteroatoms. The first-order chi connectivity index (χ1) is 13.5. The molecule has 4 rings (SSSR count). The van der Waals surface area contributed by atoms with Crippen LogP contribution in [0.5, 0.6) is 0 Å². The standard InChI is InChI=1S/C18H18N4O4S2/c23-15(20-14-7-2-1-3-8-14)10-19-28(24,25)16-9-13(11-27-16)17-21-18(26-22-17)12-5-4-6-12/h1-3,7-9,11-12,19H,4-6,10H2,(H,20,23). The minimum absolute atomic E-state index is 0.0880. The molecule has 1 saturated carbocycles. The van der Waals surface area contributed by atoms with E-state index in [1.165, 1.54) is 6.07 Å². The number of carbonyl (C=O) groups is 1. The Labute approximate surface area is 166 Å². The summed E-state index contributed by atoms with van der Waals surface area (Å²) >= 11 is 1.04.